The number of rotatable bonds is 4. The summed E-state index contributed by atoms with van der Waals surface area (Å²) in [4.78, 5) is 14.6. The molecule has 0 unspecified atom stereocenters. The molecule has 24 heavy (non-hydrogen) atoms. The fourth-order valence-electron chi connectivity index (χ4n) is 2.74. The molecule has 1 heterocycles. The third-order valence-electron chi connectivity index (χ3n) is 4.09. The Balaban J connectivity index is 1.81. The molecule has 0 aliphatic heterocycles. The third kappa shape index (κ3) is 3.38. The lowest BCUT2D eigenvalue weighted by molar-refractivity contribution is 0.103. The molecule has 0 bridgehead atoms. The topological polar surface area (TPSA) is 66.5 Å². The molecule has 128 valence electrons. The van der Waals surface area contributed by atoms with Crippen molar-refractivity contribution < 1.29 is 13.2 Å². The maximum absolute atomic E-state index is 12.5. The average Bonchev–Trinajstić information content (AvgIpc) is 2.99. The highest BCUT2D eigenvalue weighted by Crippen LogP contribution is 2.30. The Kier molecular flexibility index (Phi) is 4.76. The van der Waals surface area contributed by atoms with E-state index in [-0.39, 0.29) is 10.8 Å². The number of hydrogen-bond donors (Lipinski definition) is 1. The van der Waals surface area contributed by atoms with Gasteiger partial charge in [0.1, 0.15) is 0 Å². The highest BCUT2D eigenvalue weighted by atomic mass is 32.2. The van der Waals surface area contributed by atoms with Gasteiger partial charge in [0.2, 0.25) is 10.0 Å². The summed E-state index contributed by atoms with van der Waals surface area (Å²) in [5, 5.41) is 2.81. The highest BCUT2D eigenvalue weighted by Gasteiger charge is 2.19. The largest absolute Gasteiger partial charge is 0.321 e. The van der Waals surface area contributed by atoms with Gasteiger partial charge in [-0.25, -0.2) is 12.7 Å². The summed E-state index contributed by atoms with van der Waals surface area (Å²) in [5.74, 6) is -0.186. The van der Waals surface area contributed by atoms with E-state index in [4.69, 9.17) is 0 Å². The molecule has 1 amide bonds. The summed E-state index contributed by atoms with van der Waals surface area (Å²) in [5.41, 5.74) is 1.76. The first kappa shape index (κ1) is 17.1. The van der Waals surface area contributed by atoms with E-state index in [1.165, 1.54) is 60.8 Å². The first-order valence-corrected chi connectivity index (χ1v) is 10.1. The Morgan fingerprint density at radius 2 is 1.92 bits per heavy atom. The van der Waals surface area contributed by atoms with Crippen LogP contribution in [0.15, 0.2) is 35.2 Å². The van der Waals surface area contributed by atoms with E-state index in [0.29, 0.717) is 10.6 Å². The molecule has 5 nitrogen and oxygen atoms in total. The van der Waals surface area contributed by atoms with Crippen LogP contribution in [0.4, 0.5) is 5.69 Å². The van der Waals surface area contributed by atoms with Crippen molar-refractivity contribution in [3.05, 3.63) is 45.6 Å². The molecule has 1 N–H and O–H groups in total. The van der Waals surface area contributed by atoms with Gasteiger partial charge < -0.3 is 5.32 Å². The first-order chi connectivity index (χ1) is 11.4. The van der Waals surface area contributed by atoms with Gasteiger partial charge in [0.25, 0.3) is 5.91 Å². The number of fused-ring (bicyclic) bond motifs is 1. The van der Waals surface area contributed by atoms with Crippen LogP contribution in [0.5, 0.6) is 0 Å². The van der Waals surface area contributed by atoms with Gasteiger partial charge in [-0.15, -0.1) is 11.3 Å². The second-order valence-electron chi connectivity index (χ2n) is 6.04. The number of sulfonamides is 1. The molecule has 0 spiro atoms. The molecule has 2 aromatic rings. The van der Waals surface area contributed by atoms with Gasteiger partial charge in [0, 0.05) is 24.7 Å². The van der Waals surface area contributed by atoms with Crippen molar-refractivity contribution in [2.75, 3.05) is 19.4 Å². The number of amides is 1. The molecule has 1 aromatic heterocycles. The van der Waals surface area contributed by atoms with Gasteiger partial charge in [-0.05, 0) is 55.5 Å². The minimum atomic E-state index is -3.52. The minimum absolute atomic E-state index is 0.163. The van der Waals surface area contributed by atoms with E-state index in [1.807, 2.05) is 6.07 Å². The van der Waals surface area contributed by atoms with Crippen LogP contribution in [0.1, 0.15) is 33.0 Å². The van der Waals surface area contributed by atoms with Crippen LogP contribution in [0.3, 0.4) is 0 Å². The van der Waals surface area contributed by atoms with Gasteiger partial charge in [0.15, 0.2) is 0 Å². The molecule has 0 saturated heterocycles. The van der Waals surface area contributed by atoms with Crippen LogP contribution in [-0.2, 0) is 22.9 Å². The second-order valence-corrected chi connectivity index (χ2v) is 9.32. The predicted octanol–water partition coefficient (Wildman–Crippen LogP) is 3.13. The van der Waals surface area contributed by atoms with Crippen molar-refractivity contribution in [2.45, 2.75) is 30.6 Å². The average molecular weight is 364 g/mol. The molecular formula is C17H20N2O3S2. The number of nitrogens with one attached hydrogen (secondary N) is 1. The van der Waals surface area contributed by atoms with Crippen molar-refractivity contribution >= 4 is 33.0 Å². The van der Waals surface area contributed by atoms with Crippen LogP contribution in [0, 0.1) is 0 Å². The van der Waals surface area contributed by atoms with E-state index in [9.17, 15) is 13.2 Å². The summed E-state index contributed by atoms with van der Waals surface area (Å²) >= 11 is 1.54. The van der Waals surface area contributed by atoms with Crippen molar-refractivity contribution in [2.24, 2.45) is 0 Å². The number of benzene rings is 1. The van der Waals surface area contributed by atoms with Crippen LogP contribution in [-0.4, -0.2) is 32.7 Å². The normalized spacial score (nSPS) is 14.5. The summed E-state index contributed by atoms with van der Waals surface area (Å²) in [6.07, 6.45) is 4.44. The summed E-state index contributed by atoms with van der Waals surface area (Å²) in [7, 11) is -0.552. The fraction of sp³-hybridized carbons (Fsp3) is 0.353. The van der Waals surface area contributed by atoms with E-state index >= 15 is 0 Å². The first-order valence-electron chi connectivity index (χ1n) is 7.83. The van der Waals surface area contributed by atoms with Crippen molar-refractivity contribution in [3.63, 3.8) is 0 Å². The third-order valence-corrected chi connectivity index (χ3v) is 7.14. The van der Waals surface area contributed by atoms with Crippen LogP contribution in [0.2, 0.25) is 0 Å². The predicted molar refractivity (Wildman–Crippen MR) is 96.2 cm³/mol. The Morgan fingerprint density at radius 3 is 2.62 bits per heavy atom. The van der Waals surface area contributed by atoms with E-state index in [0.717, 1.165) is 17.1 Å². The van der Waals surface area contributed by atoms with Crippen molar-refractivity contribution in [1.29, 1.82) is 0 Å². The lowest BCUT2D eigenvalue weighted by atomic mass is 9.99. The zero-order chi connectivity index (χ0) is 17.3. The van der Waals surface area contributed by atoms with Gasteiger partial charge in [-0.3, -0.25) is 4.79 Å². The molecule has 3 rings (SSSR count). The highest BCUT2D eigenvalue weighted by molar-refractivity contribution is 7.89. The zero-order valence-corrected chi connectivity index (χ0v) is 15.3. The van der Waals surface area contributed by atoms with Gasteiger partial charge >= 0.3 is 0 Å². The fourth-order valence-corrected chi connectivity index (χ4v) is 4.84. The minimum Gasteiger partial charge on any atom is -0.321 e. The SMILES string of the molecule is CN(C)S(=O)(=O)c1cccc(NC(=O)c2cc3c(s2)CCCC3)c1. The number of nitrogens with zero attached hydrogens (tertiary/aromatic N) is 1. The Hall–Kier alpha value is -1.70. The molecule has 1 aliphatic rings. The number of carbonyl (C=O) groups excluding carboxylic acids is 1. The number of hydrogen-bond acceptors (Lipinski definition) is 4. The van der Waals surface area contributed by atoms with E-state index in [2.05, 4.69) is 5.32 Å². The molecule has 0 fully saturated rings. The summed E-state index contributed by atoms with van der Waals surface area (Å²) in [6.45, 7) is 0. The van der Waals surface area contributed by atoms with Crippen molar-refractivity contribution in [1.82, 2.24) is 4.31 Å². The maximum Gasteiger partial charge on any atom is 0.265 e. The molecule has 0 atom stereocenters. The van der Waals surface area contributed by atoms with Crippen LogP contribution >= 0.6 is 11.3 Å². The molecule has 0 saturated carbocycles. The van der Waals surface area contributed by atoms with Crippen LogP contribution in [0.25, 0.3) is 0 Å². The molecule has 1 aromatic carbocycles. The van der Waals surface area contributed by atoms with Crippen molar-refractivity contribution in [3.8, 4) is 0 Å². The van der Waals surface area contributed by atoms with E-state index in [1.54, 1.807) is 12.1 Å². The smallest absolute Gasteiger partial charge is 0.265 e. The van der Waals surface area contributed by atoms with Gasteiger partial charge in [-0.1, -0.05) is 6.07 Å². The lowest BCUT2D eigenvalue weighted by Crippen LogP contribution is -2.22. The number of anilines is 1. The monoisotopic (exact) mass is 364 g/mol. The molecular weight excluding hydrogens is 344 g/mol. The number of carbonyl (C=O) groups is 1. The van der Waals surface area contributed by atoms with Gasteiger partial charge in [-0.2, -0.15) is 0 Å². The summed E-state index contributed by atoms with van der Waals surface area (Å²) < 4.78 is 25.5. The van der Waals surface area contributed by atoms with E-state index < -0.39 is 10.0 Å². The lowest BCUT2D eigenvalue weighted by Gasteiger charge is -2.12. The van der Waals surface area contributed by atoms with Crippen LogP contribution < -0.4 is 5.32 Å². The quantitative estimate of drug-likeness (QED) is 0.906. The zero-order valence-electron chi connectivity index (χ0n) is 13.7. The van der Waals surface area contributed by atoms with Gasteiger partial charge in [0.05, 0.1) is 9.77 Å². The molecule has 1 aliphatic carbocycles. The Morgan fingerprint density at radius 1 is 1.17 bits per heavy atom. The maximum atomic E-state index is 12.5. The molecule has 0 radical (unpaired) electrons. The number of aryl methyl sites for hydroxylation is 2. The Labute approximate surface area is 146 Å². The summed E-state index contributed by atoms with van der Waals surface area (Å²) in [6, 6.07) is 8.30. The molecule has 7 heteroatoms. The number of thiophene rings is 1. The Bertz CT molecular complexity index is 846. The standard InChI is InChI=1S/C17H20N2O3S2/c1-19(2)24(21,22)14-8-5-7-13(11-14)18-17(20)16-10-12-6-3-4-9-15(12)23-16/h5,7-8,10-11H,3-4,6,9H2,1-2H3,(H,18,20). The second kappa shape index (κ2) is 6.66.